The second kappa shape index (κ2) is 4.13. The van der Waals surface area contributed by atoms with Gasteiger partial charge in [-0.2, -0.15) is 0 Å². The molecule has 1 aromatic heterocycles. The van der Waals surface area contributed by atoms with Gasteiger partial charge in [-0.1, -0.05) is 0 Å². The van der Waals surface area contributed by atoms with Crippen LogP contribution in [0.25, 0.3) is 0 Å². The summed E-state index contributed by atoms with van der Waals surface area (Å²) in [7, 11) is 1.23. The topological polar surface area (TPSA) is 94.2 Å². The molecule has 0 bridgehead atoms. The van der Waals surface area contributed by atoms with E-state index in [1.807, 2.05) is 0 Å². The molecule has 0 atom stereocenters. The molecule has 0 aliphatic heterocycles. The number of primary amides is 1. The number of anilines is 1. The van der Waals surface area contributed by atoms with Gasteiger partial charge in [-0.15, -0.1) is 0 Å². The molecule has 86 valence electrons. The lowest BCUT2D eigenvalue weighted by Gasteiger charge is -2.13. The third-order valence-corrected chi connectivity index (χ3v) is 2.21. The van der Waals surface area contributed by atoms with Crippen LogP contribution in [-0.4, -0.2) is 16.9 Å². The van der Waals surface area contributed by atoms with Crippen LogP contribution < -0.4 is 16.6 Å². The maximum Gasteiger partial charge on any atom is 0.288 e. The first-order chi connectivity index (χ1) is 7.41. The lowest BCUT2D eigenvalue weighted by atomic mass is 10.1. The first-order valence-corrected chi connectivity index (χ1v) is 4.30. The van der Waals surface area contributed by atoms with Gasteiger partial charge in [-0.25, -0.2) is 4.39 Å². The van der Waals surface area contributed by atoms with Crippen LogP contribution in [0.3, 0.4) is 0 Å². The van der Waals surface area contributed by atoms with Gasteiger partial charge in [-0.3, -0.25) is 19.0 Å². The van der Waals surface area contributed by atoms with Crippen LogP contribution in [0.4, 0.5) is 10.2 Å². The first kappa shape index (κ1) is 11.9. The summed E-state index contributed by atoms with van der Waals surface area (Å²) in [4.78, 5) is 32.8. The molecular weight excluding hydrogens is 217 g/mol. The number of nitrogens with zero attached hydrogens (tertiary/aromatic N) is 1. The SMILES string of the molecule is Cc1c(C(N)=O)c(NC=O)n(C)c(=O)c1F. The van der Waals surface area contributed by atoms with E-state index in [-0.39, 0.29) is 23.4 Å². The molecule has 0 spiro atoms. The Balaban J connectivity index is 3.75. The van der Waals surface area contributed by atoms with Crippen molar-refractivity contribution in [3.8, 4) is 0 Å². The van der Waals surface area contributed by atoms with Gasteiger partial charge in [0.1, 0.15) is 5.82 Å². The van der Waals surface area contributed by atoms with Gasteiger partial charge in [0.2, 0.25) is 6.41 Å². The molecule has 16 heavy (non-hydrogen) atoms. The van der Waals surface area contributed by atoms with Crippen LogP contribution in [0.5, 0.6) is 0 Å². The van der Waals surface area contributed by atoms with Crippen LogP contribution >= 0.6 is 0 Å². The summed E-state index contributed by atoms with van der Waals surface area (Å²) in [5.74, 6) is -2.10. The largest absolute Gasteiger partial charge is 0.365 e. The summed E-state index contributed by atoms with van der Waals surface area (Å²) in [6, 6.07) is 0. The van der Waals surface area contributed by atoms with Crippen LogP contribution in [-0.2, 0) is 11.8 Å². The molecule has 7 heteroatoms. The number of hydrogen-bond donors (Lipinski definition) is 2. The monoisotopic (exact) mass is 227 g/mol. The molecule has 0 unspecified atom stereocenters. The van der Waals surface area contributed by atoms with E-state index in [0.717, 1.165) is 4.57 Å². The third-order valence-electron chi connectivity index (χ3n) is 2.21. The third kappa shape index (κ3) is 1.67. The van der Waals surface area contributed by atoms with Gasteiger partial charge >= 0.3 is 0 Å². The number of carbonyl (C=O) groups is 2. The Morgan fingerprint density at radius 1 is 1.56 bits per heavy atom. The number of nitrogens with one attached hydrogen (secondary N) is 1. The number of nitrogens with two attached hydrogens (primary N) is 1. The van der Waals surface area contributed by atoms with Crippen molar-refractivity contribution in [3.63, 3.8) is 0 Å². The number of amides is 2. The van der Waals surface area contributed by atoms with Crippen LogP contribution in [0, 0.1) is 12.7 Å². The Labute approximate surface area is 89.9 Å². The zero-order valence-electron chi connectivity index (χ0n) is 8.70. The predicted molar refractivity (Wildman–Crippen MR) is 54.6 cm³/mol. The second-order valence-electron chi connectivity index (χ2n) is 3.15. The summed E-state index contributed by atoms with van der Waals surface area (Å²) in [5.41, 5.74) is 3.72. The van der Waals surface area contributed by atoms with Crippen LogP contribution in [0.2, 0.25) is 0 Å². The number of halogens is 1. The normalized spacial score (nSPS) is 9.94. The summed E-state index contributed by atoms with van der Waals surface area (Å²) in [6.07, 6.45) is 0.276. The Morgan fingerprint density at radius 3 is 2.56 bits per heavy atom. The van der Waals surface area contributed by atoms with E-state index in [9.17, 15) is 18.8 Å². The minimum absolute atomic E-state index is 0.119. The molecule has 6 nitrogen and oxygen atoms in total. The molecule has 2 amide bonds. The Kier molecular flexibility index (Phi) is 3.07. The van der Waals surface area contributed by atoms with E-state index >= 15 is 0 Å². The minimum Gasteiger partial charge on any atom is -0.365 e. The fourth-order valence-electron chi connectivity index (χ4n) is 1.39. The highest BCUT2D eigenvalue weighted by molar-refractivity contribution is 6.00. The standard InChI is InChI=1S/C9H10FN3O3/c1-4-5(7(11)15)8(12-3-14)13(2)9(16)6(4)10/h3H,1-2H3,(H2,11,15)(H,12,14). The van der Waals surface area contributed by atoms with Gasteiger partial charge in [0.25, 0.3) is 11.5 Å². The maximum atomic E-state index is 13.4. The minimum atomic E-state index is -1.06. The van der Waals surface area contributed by atoms with Crippen LogP contribution in [0.15, 0.2) is 4.79 Å². The number of pyridine rings is 1. The summed E-state index contributed by atoms with van der Waals surface area (Å²) < 4.78 is 14.2. The molecule has 1 heterocycles. The van der Waals surface area contributed by atoms with Crippen molar-refractivity contribution in [1.82, 2.24) is 4.57 Å². The average Bonchev–Trinajstić information content (AvgIpc) is 2.23. The van der Waals surface area contributed by atoms with E-state index in [1.165, 1.54) is 14.0 Å². The lowest BCUT2D eigenvalue weighted by molar-refractivity contribution is -0.105. The fourth-order valence-corrected chi connectivity index (χ4v) is 1.39. The number of aromatic nitrogens is 1. The molecular formula is C9H10FN3O3. The molecule has 0 aromatic carbocycles. The quantitative estimate of drug-likeness (QED) is 0.681. The number of carbonyl (C=O) groups excluding carboxylic acids is 2. The van der Waals surface area contributed by atoms with E-state index in [0.29, 0.717) is 0 Å². The van der Waals surface area contributed by atoms with Crippen molar-refractivity contribution in [2.45, 2.75) is 6.92 Å². The Bertz CT molecular complexity index is 522. The van der Waals surface area contributed by atoms with Crippen molar-refractivity contribution < 1.29 is 14.0 Å². The molecule has 0 fully saturated rings. The second-order valence-corrected chi connectivity index (χ2v) is 3.15. The number of hydrogen-bond acceptors (Lipinski definition) is 3. The van der Waals surface area contributed by atoms with Gasteiger partial charge in [0.15, 0.2) is 5.82 Å². The smallest absolute Gasteiger partial charge is 0.288 e. The van der Waals surface area contributed by atoms with E-state index < -0.39 is 17.3 Å². The zero-order valence-corrected chi connectivity index (χ0v) is 8.70. The van der Waals surface area contributed by atoms with Crippen molar-refractivity contribution in [1.29, 1.82) is 0 Å². The summed E-state index contributed by atoms with van der Waals surface area (Å²) in [6.45, 7) is 1.24. The Morgan fingerprint density at radius 2 is 2.12 bits per heavy atom. The zero-order chi connectivity index (χ0) is 12.5. The predicted octanol–water partition coefficient (Wildman–Crippen LogP) is -0.500. The summed E-state index contributed by atoms with van der Waals surface area (Å²) in [5, 5.41) is 2.15. The maximum absolute atomic E-state index is 13.4. The first-order valence-electron chi connectivity index (χ1n) is 4.30. The highest BCUT2D eigenvalue weighted by atomic mass is 19.1. The highest BCUT2D eigenvalue weighted by Gasteiger charge is 2.20. The summed E-state index contributed by atoms with van der Waals surface area (Å²) >= 11 is 0. The van der Waals surface area contributed by atoms with Crippen LogP contribution in [0.1, 0.15) is 15.9 Å². The molecule has 0 saturated carbocycles. The van der Waals surface area contributed by atoms with Crippen molar-refractivity contribution in [2.24, 2.45) is 12.8 Å². The molecule has 0 radical (unpaired) electrons. The fraction of sp³-hybridized carbons (Fsp3) is 0.222. The molecule has 0 aliphatic carbocycles. The van der Waals surface area contributed by atoms with E-state index in [1.54, 1.807) is 0 Å². The van der Waals surface area contributed by atoms with Gasteiger partial charge in [0, 0.05) is 12.6 Å². The highest BCUT2D eigenvalue weighted by Crippen LogP contribution is 2.17. The van der Waals surface area contributed by atoms with Gasteiger partial charge in [-0.05, 0) is 6.92 Å². The van der Waals surface area contributed by atoms with E-state index in [2.05, 4.69) is 5.32 Å². The average molecular weight is 227 g/mol. The Hall–Kier alpha value is -2.18. The lowest BCUT2D eigenvalue weighted by Crippen LogP contribution is -2.29. The molecule has 0 aliphatic rings. The molecule has 0 saturated heterocycles. The van der Waals surface area contributed by atoms with Gasteiger partial charge < -0.3 is 11.1 Å². The molecule has 1 rings (SSSR count). The number of rotatable bonds is 3. The molecule has 1 aromatic rings. The van der Waals surface area contributed by atoms with E-state index in [4.69, 9.17) is 5.73 Å². The van der Waals surface area contributed by atoms with Crippen molar-refractivity contribution in [3.05, 3.63) is 27.3 Å². The molecule has 3 N–H and O–H groups in total. The van der Waals surface area contributed by atoms with Crippen molar-refractivity contribution in [2.75, 3.05) is 5.32 Å². The van der Waals surface area contributed by atoms with Gasteiger partial charge in [0.05, 0.1) is 5.56 Å². The van der Waals surface area contributed by atoms with Crippen molar-refractivity contribution >= 4 is 18.1 Å².